The minimum absolute atomic E-state index is 0.141. The van der Waals surface area contributed by atoms with Gasteiger partial charge in [-0.1, -0.05) is 32.1 Å². The van der Waals surface area contributed by atoms with Gasteiger partial charge in [-0.3, -0.25) is 9.59 Å². The molecule has 0 aromatic heterocycles. The highest BCUT2D eigenvalue weighted by atomic mass is 16.4. The van der Waals surface area contributed by atoms with Crippen molar-refractivity contribution in [1.82, 2.24) is 4.90 Å². The predicted octanol–water partition coefficient (Wildman–Crippen LogP) is 2.67. The monoisotopic (exact) mass is 255 g/mol. The molecule has 0 aromatic rings. The Hall–Kier alpha value is -1.06. The Balaban J connectivity index is 2.33. The van der Waals surface area contributed by atoms with Crippen LogP contribution in [0.25, 0.3) is 0 Å². The second-order valence-corrected chi connectivity index (χ2v) is 5.30. The molecule has 4 heteroatoms. The Bertz CT molecular complexity index is 270. The van der Waals surface area contributed by atoms with Crippen molar-refractivity contribution in [3.8, 4) is 0 Å². The molecule has 4 nitrogen and oxygen atoms in total. The minimum atomic E-state index is -0.790. The molecule has 0 spiro atoms. The summed E-state index contributed by atoms with van der Waals surface area (Å²) in [6.07, 6.45) is 8.78. The third-order valence-corrected chi connectivity index (χ3v) is 3.71. The van der Waals surface area contributed by atoms with Crippen molar-refractivity contribution in [2.75, 3.05) is 13.6 Å². The number of amides is 1. The number of rotatable bonds is 5. The molecule has 1 saturated carbocycles. The van der Waals surface area contributed by atoms with Crippen molar-refractivity contribution in [2.45, 2.75) is 57.8 Å². The van der Waals surface area contributed by atoms with E-state index >= 15 is 0 Å². The highest BCUT2D eigenvalue weighted by Crippen LogP contribution is 2.23. The fourth-order valence-electron chi connectivity index (χ4n) is 2.59. The van der Waals surface area contributed by atoms with Crippen LogP contribution in [-0.4, -0.2) is 35.5 Å². The summed E-state index contributed by atoms with van der Waals surface area (Å²) in [6, 6.07) is 0. The summed E-state index contributed by atoms with van der Waals surface area (Å²) in [6.45, 7) is 0.557. The summed E-state index contributed by atoms with van der Waals surface area (Å²) in [5.41, 5.74) is 0. The third-order valence-electron chi connectivity index (χ3n) is 3.71. The number of carbonyl (C=O) groups is 2. The first-order valence-electron chi connectivity index (χ1n) is 7.08. The lowest BCUT2D eigenvalue weighted by atomic mass is 9.90. The van der Waals surface area contributed by atoms with Gasteiger partial charge in [0.25, 0.3) is 0 Å². The number of carboxylic acids is 1. The number of carboxylic acid groups (broad SMARTS) is 1. The van der Waals surface area contributed by atoms with E-state index in [1.54, 1.807) is 11.9 Å². The second-order valence-electron chi connectivity index (χ2n) is 5.30. The van der Waals surface area contributed by atoms with E-state index in [1.165, 1.54) is 19.3 Å². The molecule has 0 aromatic carbocycles. The molecule has 0 saturated heterocycles. The molecule has 0 unspecified atom stereocenters. The van der Waals surface area contributed by atoms with Gasteiger partial charge in [0.2, 0.25) is 5.91 Å². The maximum Gasteiger partial charge on any atom is 0.303 e. The molecule has 1 fully saturated rings. The van der Waals surface area contributed by atoms with Gasteiger partial charge in [-0.15, -0.1) is 0 Å². The highest BCUT2D eigenvalue weighted by Gasteiger charge is 2.22. The van der Waals surface area contributed by atoms with Gasteiger partial charge >= 0.3 is 5.97 Å². The van der Waals surface area contributed by atoms with Gasteiger partial charge in [0.05, 0.1) is 0 Å². The van der Waals surface area contributed by atoms with Crippen molar-refractivity contribution < 1.29 is 14.7 Å². The van der Waals surface area contributed by atoms with Gasteiger partial charge in [0.15, 0.2) is 0 Å². The van der Waals surface area contributed by atoms with E-state index in [2.05, 4.69) is 0 Å². The normalized spacial score (nSPS) is 17.8. The topological polar surface area (TPSA) is 57.6 Å². The molecular weight excluding hydrogens is 230 g/mol. The molecule has 104 valence electrons. The van der Waals surface area contributed by atoms with Gasteiger partial charge < -0.3 is 10.0 Å². The highest BCUT2D eigenvalue weighted by molar-refractivity contribution is 5.78. The zero-order valence-electron chi connectivity index (χ0n) is 11.4. The van der Waals surface area contributed by atoms with Gasteiger partial charge in [-0.05, 0) is 19.3 Å². The molecule has 0 atom stereocenters. The van der Waals surface area contributed by atoms with E-state index < -0.39 is 5.97 Å². The van der Waals surface area contributed by atoms with E-state index in [0.717, 1.165) is 25.7 Å². The Morgan fingerprint density at radius 1 is 1.11 bits per heavy atom. The van der Waals surface area contributed by atoms with Crippen LogP contribution in [0.2, 0.25) is 0 Å². The second kappa shape index (κ2) is 8.11. The van der Waals surface area contributed by atoms with E-state index in [4.69, 9.17) is 5.11 Å². The van der Waals surface area contributed by atoms with Crippen molar-refractivity contribution >= 4 is 11.9 Å². The van der Waals surface area contributed by atoms with Gasteiger partial charge in [0, 0.05) is 25.9 Å². The molecule has 1 amide bonds. The summed E-state index contributed by atoms with van der Waals surface area (Å²) in [5, 5.41) is 8.58. The van der Waals surface area contributed by atoms with Crippen molar-refractivity contribution in [2.24, 2.45) is 5.92 Å². The van der Waals surface area contributed by atoms with Gasteiger partial charge in [-0.25, -0.2) is 0 Å². The number of nitrogens with zero attached hydrogens (tertiary/aromatic N) is 1. The Kier molecular flexibility index (Phi) is 6.76. The van der Waals surface area contributed by atoms with E-state index in [0.29, 0.717) is 13.0 Å². The van der Waals surface area contributed by atoms with E-state index in [-0.39, 0.29) is 18.2 Å². The van der Waals surface area contributed by atoms with Crippen LogP contribution in [0.5, 0.6) is 0 Å². The maximum absolute atomic E-state index is 12.2. The molecule has 0 radical (unpaired) electrons. The smallest absolute Gasteiger partial charge is 0.303 e. The quantitative estimate of drug-likeness (QED) is 0.821. The van der Waals surface area contributed by atoms with Crippen molar-refractivity contribution in [1.29, 1.82) is 0 Å². The average Bonchev–Trinajstić information content (AvgIpc) is 2.27. The van der Waals surface area contributed by atoms with Crippen LogP contribution in [0, 0.1) is 5.92 Å². The van der Waals surface area contributed by atoms with Crippen LogP contribution in [0.3, 0.4) is 0 Å². The standard InChI is InChI=1S/C14H25NO3/c1-15(11-7-10-13(16)17)14(18)12-8-5-3-2-4-6-9-12/h12H,2-11H2,1H3,(H,16,17). The largest absolute Gasteiger partial charge is 0.481 e. The third kappa shape index (κ3) is 5.52. The zero-order chi connectivity index (χ0) is 13.4. The molecule has 1 aliphatic rings. The molecule has 18 heavy (non-hydrogen) atoms. The molecule has 1 rings (SSSR count). The fraction of sp³-hybridized carbons (Fsp3) is 0.857. The summed E-state index contributed by atoms with van der Waals surface area (Å²) < 4.78 is 0. The van der Waals surface area contributed by atoms with Gasteiger partial charge in [0.1, 0.15) is 0 Å². The fourth-order valence-corrected chi connectivity index (χ4v) is 2.59. The first kappa shape index (κ1) is 15.0. The summed E-state index contributed by atoms with van der Waals surface area (Å²) in [4.78, 5) is 24.4. The molecule has 0 heterocycles. The lowest BCUT2D eigenvalue weighted by Gasteiger charge is -2.25. The van der Waals surface area contributed by atoms with Crippen LogP contribution in [0.15, 0.2) is 0 Å². The number of aliphatic carboxylic acids is 1. The number of carbonyl (C=O) groups excluding carboxylic acids is 1. The Morgan fingerprint density at radius 3 is 2.22 bits per heavy atom. The first-order chi connectivity index (χ1) is 8.61. The van der Waals surface area contributed by atoms with Crippen LogP contribution in [0.4, 0.5) is 0 Å². The predicted molar refractivity (Wildman–Crippen MR) is 70.3 cm³/mol. The van der Waals surface area contributed by atoms with Gasteiger partial charge in [-0.2, -0.15) is 0 Å². The number of hydrogen-bond donors (Lipinski definition) is 1. The van der Waals surface area contributed by atoms with Crippen molar-refractivity contribution in [3.05, 3.63) is 0 Å². The lowest BCUT2D eigenvalue weighted by molar-refractivity contribution is -0.139. The van der Waals surface area contributed by atoms with Crippen LogP contribution < -0.4 is 0 Å². The van der Waals surface area contributed by atoms with E-state index in [9.17, 15) is 9.59 Å². The van der Waals surface area contributed by atoms with Crippen LogP contribution in [0.1, 0.15) is 57.8 Å². The van der Waals surface area contributed by atoms with Crippen LogP contribution >= 0.6 is 0 Å². The van der Waals surface area contributed by atoms with E-state index in [1.807, 2.05) is 0 Å². The SMILES string of the molecule is CN(CCCC(=O)O)C(=O)C1CCCCCCC1. The van der Waals surface area contributed by atoms with Crippen molar-refractivity contribution in [3.63, 3.8) is 0 Å². The minimum Gasteiger partial charge on any atom is -0.481 e. The molecule has 1 aliphatic carbocycles. The maximum atomic E-state index is 12.2. The molecule has 0 aliphatic heterocycles. The molecule has 0 bridgehead atoms. The van der Waals surface area contributed by atoms with Crippen LogP contribution in [-0.2, 0) is 9.59 Å². The average molecular weight is 255 g/mol. The first-order valence-corrected chi connectivity index (χ1v) is 7.08. The Morgan fingerprint density at radius 2 is 1.67 bits per heavy atom. The summed E-state index contributed by atoms with van der Waals surface area (Å²) in [7, 11) is 1.79. The zero-order valence-corrected chi connectivity index (χ0v) is 11.4. The Labute approximate surface area is 109 Å². The summed E-state index contributed by atoms with van der Waals surface area (Å²) >= 11 is 0. The lowest BCUT2D eigenvalue weighted by Crippen LogP contribution is -2.34. The molecule has 1 N–H and O–H groups in total. The number of hydrogen-bond acceptors (Lipinski definition) is 2. The molecular formula is C14H25NO3. The summed E-state index contributed by atoms with van der Waals surface area (Å²) in [5.74, 6) is -0.413.